The number of nitrogens with one attached hydrogen (secondary N) is 1. The van der Waals surface area contributed by atoms with Gasteiger partial charge in [-0.05, 0) is 62.6 Å². The first-order chi connectivity index (χ1) is 12.9. The molecule has 1 N–H and O–H groups in total. The van der Waals surface area contributed by atoms with Crippen LogP contribution in [0.25, 0.3) is 0 Å². The lowest BCUT2D eigenvalue weighted by Crippen LogP contribution is -2.30. The fourth-order valence-corrected chi connectivity index (χ4v) is 4.70. The molecule has 0 spiro atoms. The van der Waals surface area contributed by atoms with Crippen LogP contribution in [0.2, 0.25) is 0 Å². The third kappa shape index (κ3) is 5.26. The zero-order valence-corrected chi connectivity index (χ0v) is 17.9. The zero-order valence-electron chi connectivity index (χ0n) is 16.3. The zero-order chi connectivity index (χ0) is 19.4. The molecule has 0 fully saturated rings. The van der Waals surface area contributed by atoms with E-state index in [4.69, 9.17) is 0 Å². The maximum Gasteiger partial charge on any atom is 0.220 e. The van der Waals surface area contributed by atoms with E-state index in [0.29, 0.717) is 6.42 Å². The number of aromatic nitrogens is 3. The number of aryl methyl sites for hydroxylation is 5. The summed E-state index contributed by atoms with van der Waals surface area (Å²) in [6, 6.07) is 4.10. The number of carbonyl (C=O) groups excluding carboxylic acids is 1. The highest BCUT2D eigenvalue weighted by Gasteiger charge is 2.20. The van der Waals surface area contributed by atoms with Crippen LogP contribution in [0.15, 0.2) is 22.9 Å². The largest absolute Gasteiger partial charge is 0.347 e. The molecule has 0 bridgehead atoms. The topological polar surface area (TPSA) is 59.8 Å². The number of thiophene rings is 1. The van der Waals surface area contributed by atoms with Crippen molar-refractivity contribution in [1.29, 1.82) is 0 Å². The molecule has 3 aromatic heterocycles. The molecule has 0 radical (unpaired) electrons. The van der Waals surface area contributed by atoms with Gasteiger partial charge in [0, 0.05) is 30.0 Å². The molecule has 0 saturated heterocycles. The lowest BCUT2D eigenvalue weighted by Gasteiger charge is -2.16. The highest BCUT2D eigenvalue weighted by Crippen LogP contribution is 2.26. The summed E-state index contributed by atoms with van der Waals surface area (Å²) in [5.41, 5.74) is 4.43. The Hall–Kier alpha value is -1.99. The van der Waals surface area contributed by atoms with Gasteiger partial charge in [0.2, 0.25) is 5.91 Å². The maximum atomic E-state index is 12.6. The second-order valence-corrected chi connectivity index (χ2v) is 8.92. The van der Waals surface area contributed by atoms with Crippen molar-refractivity contribution in [3.63, 3.8) is 0 Å². The average molecular weight is 403 g/mol. The molecule has 3 aromatic rings. The van der Waals surface area contributed by atoms with Crippen molar-refractivity contribution in [1.82, 2.24) is 20.1 Å². The molecular formula is C20H26N4OS2. The van der Waals surface area contributed by atoms with Crippen LogP contribution in [0.5, 0.6) is 0 Å². The van der Waals surface area contributed by atoms with E-state index in [9.17, 15) is 4.79 Å². The van der Waals surface area contributed by atoms with Crippen molar-refractivity contribution in [3.05, 3.63) is 55.4 Å². The number of nitrogens with zero attached hydrogens (tertiary/aromatic N) is 3. The van der Waals surface area contributed by atoms with E-state index < -0.39 is 0 Å². The fraction of sp³-hybridized carbons (Fsp3) is 0.450. The first kappa shape index (κ1) is 19.8. The summed E-state index contributed by atoms with van der Waals surface area (Å²) in [7, 11) is 0. The van der Waals surface area contributed by atoms with E-state index in [1.165, 1.54) is 10.4 Å². The Bertz CT molecular complexity index is 876. The summed E-state index contributed by atoms with van der Waals surface area (Å²) in [5.74, 6) is 0.0715. The van der Waals surface area contributed by atoms with Crippen molar-refractivity contribution in [2.24, 2.45) is 0 Å². The van der Waals surface area contributed by atoms with Crippen molar-refractivity contribution in [3.8, 4) is 0 Å². The first-order valence-corrected chi connectivity index (χ1v) is 10.9. The molecule has 3 heterocycles. The van der Waals surface area contributed by atoms with Crippen LogP contribution in [0.4, 0.5) is 0 Å². The smallest absolute Gasteiger partial charge is 0.220 e. The minimum absolute atomic E-state index is 0.0711. The molecule has 5 nitrogen and oxygen atoms in total. The van der Waals surface area contributed by atoms with Crippen molar-refractivity contribution >= 4 is 28.6 Å². The molecule has 0 aliphatic carbocycles. The SMILES string of the molecule is Cc1cc(C)n(CCCC(=O)NC(Cc2ccsc2)c2nc(C)c(C)s2)n1. The van der Waals surface area contributed by atoms with Gasteiger partial charge in [-0.3, -0.25) is 9.48 Å². The summed E-state index contributed by atoms with van der Waals surface area (Å²) in [6.07, 6.45) is 2.04. The molecule has 27 heavy (non-hydrogen) atoms. The maximum absolute atomic E-state index is 12.6. The van der Waals surface area contributed by atoms with Crippen LogP contribution in [0.3, 0.4) is 0 Å². The van der Waals surface area contributed by atoms with Gasteiger partial charge >= 0.3 is 0 Å². The van der Waals surface area contributed by atoms with Crippen molar-refractivity contribution < 1.29 is 4.79 Å². The Morgan fingerprint density at radius 3 is 2.70 bits per heavy atom. The van der Waals surface area contributed by atoms with Gasteiger partial charge in [-0.2, -0.15) is 16.4 Å². The summed E-state index contributed by atoms with van der Waals surface area (Å²) in [5, 5.41) is 12.9. The Morgan fingerprint density at radius 1 is 1.30 bits per heavy atom. The van der Waals surface area contributed by atoms with Crippen LogP contribution in [-0.2, 0) is 17.8 Å². The second kappa shape index (κ2) is 8.80. The Labute approximate surface area is 168 Å². The monoisotopic (exact) mass is 402 g/mol. The van der Waals surface area contributed by atoms with Gasteiger partial charge in [0.25, 0.3) is 0 Å². The van der Waals surface area contributed by atoms with Gasteiger partial charge in [0.15, 0.2) is 0 Å². The first-order valence-electron chi connectivity index (χ1n) is 9.18. The molecule has 0 aliphatic heterocycles. The molecule has 0 saturated carbocycles. The summed E-state index contributed by atoms with van der Waals surface area (Å²) >= 11 is 3.35. The van der Waals surface area contributed by atoms with Crippen LogP contribution < -0.4 is 5.32 Å². The third-order valence-corrected chi connectivity index (χ3v) is 6.49. The number of rotatable bonds is 8. The van der Waals surface area contributed by atoms with Crippen LogP contribution in [0.1, 0.15) is 51.4 Å². The number of hydrogen-bond acceptors (Lipinski definition) is 5. The summed E-state index contributed by atoms with van der Waals surface area (Å²) in [4.78, 5) is 18.5. The molecule has 0 aromatic carbocycles. The number of amides is 1. The Morgan fingerprint density at radius 2 is 2.11 bits per heavy atom. The quantitative estimate of drug-likeness (QED) is 0.603. The average Bonchev–Trinajstić information content (AvgIpc) is 3.30. The highest BCUT2D eigenvalue weighted by atomic mass is 32.1. The molecule has 144 valence electrons. The summed E-state index contributed by atoms with van der Waals surface area (Å²) in [6.45, 7) is 8.90. The predicted octanol–water partition coefficient (Wildman–Crippen LogP) is 4.52. The van der Waals surface area contributed by atoms with Crippen molar-refractivity contribution in [2.45, 2.75) is 59.5 Å². The minimum atomic E-state index is -0.0711. The van der Waals surface area contributed by atoms with E-state index in [2.05, 4.69) is 45.2 Å². The molecular weight excluding hydrogens is 376 g/mol. The lowest BCUT2D eigenvalue weighted by atomic mass is 10.1. The number of carbonyl (C=O) groups is 1. The predicted molar refractivity (Wildman–Crippen MR) is 111 cm³/mol. The molecule has 7 heteroatoms. The summed E-state index contributed by atoms with van der Waals surface area (Å²) < 4.78 is 1.97. The Kier molecular flexibility index (Phi) is 6.44. The van der Waals surface area contributed by atoms with E-state index in [1.807, 2.05) is 25.5 Å². The van der Waals surface area contributed by atoms with Gasteiger partial charge in [-0.15, -0.1) is 11.3 Å². The van der Waals surface area contributed by atoms with Crippen molar-refractivity contribution in [2.75, 3.05) is 0 Å². The fourth-order valence-electron chi connectivity index (χ4n) is 3.05. The minimum Gasteiger partial charge on any atom is -0.347 e. The van der Waals surface area contributed by atoms with Crippen LogP contribution in [-0.4, -0.2) is 20.7 Å². The van der Waals surface area contributed by atoms with E-state index in [1.54, 1.807) is 22.7 Å². The molecule has 1 unspecified atom stereocenters. The molecule has 0 aliphatic rings. The normalized spacial score (nSPS) is 12.3. The number of hydrogen-bond donors (Lipinski definition) is 1. The van der Waals surface area contributed by atoms with E-state index >= 15 is 0 Å². The van der Waals surface area contributed by atoms with Gasteiger partial charge in [-0.25, -0.2) is 4.98 Å². The third-order valence-electron chi connectivity index (χ3n) is 4.58. The lowest BCUT2D eigenvalue weighted by molar-refractivity contribution is -0.122. The van der Waals surface area contributed by atoms with Crippen LogP contribution >= 0.6 is 22.7 Å². The number of thiazole rings is 1. The van der Waals surface area contributed by atoms with Gasteiger partial charge < -0.3 is 5.32 Å². The standard InChI is InChI=1S/C20H26N4OS2/c1-13-10-14(2)24(23-13)8-5-6-19(25)22-18(11-17-7-9-26-12-17)20-21-15(3)16(4)27-20/h7,9-10,12,18H,5-6,8,11H2,1-4H3,(H,22,25). The van der Waals surface area contributed by atoms with Gasteiger partial charge in [0.1, 0.15) is 5.01 Å². The molecule has 1 amide bonds. The van der Waals surface area contributed by atoms with E-state index in [0.717, 1.165) is 41.5 Å². The molecule has 3 rings (SSSR count). The van der Waals surface area contributed by atoms with Gasteiger partial charge in [0.05, 0.1) is 17.4 Å². The highest BCUT2D eigenvalue weighted by molar-refractivity contribution is 7.11. The van der Waals surface area contributed by atoms with Gasteiger partial charge in [-0.1, -0.05) is 0 Å². The Balaban J connectivity index is 1.60. The second-order valence-electron chi connectivity index (χ2n) is 6.90. The molecule has 1 atom stereocenters. The van der Waals surface area contributed by atoms with E-state index in [-0.39, 0.29) is 11.9 Å². The van der Waals surface area contributed by atoms with Crippen LogP contribution in [0, 0.1) is 27.7 Å².